The van der Waals surface area contributed by atoms with Crippen molar-refractivity contribution in [1.29, 1.82) is 0 Å². The highest BCUT2D eigenvalue weighted by Crippen LogP contribution is 2.61. The van der Waals surface area contributed by atoms with E-state index in [9.17, 15) is 9.59 Å². The smallest absolute Gasteiger partial charge is 0.226 e. The van der Waals surface area contributed by atoms with Gasteiger partial charge in [-0.3, -0.25) is 9.59 Å². The van der Waals surface area contributed by atoms with Crippen molar-refractivity contribution in [3.05, 3.63) is 0 Å². The molecule has 4 nitrogen and oxygen atoms in total. The number of rotatable bonds is 6. The van der Waals surface area contributed by atoms with Crippen LogP contribution in [0.5, 0.6) is 0 Å². The second-order valence-electron chi connectivity index (χ2n) is 17.0. The van der Waals surface area contributed by atoms with Crippen molar-refractivity contribution in [2.45, 2.75) is 147 Å². The third-order valence-electron chi connectivity index (χ3n) is 14.1. The molecule has 0 aromatic carbocycles. The summed E-state index contributed by atoms with van der Waals surface area (Å²) < 4.78 is 0. The Morgan fingerprint density at radius 1 is 0.462 bits per heavy atom. The van der Waals surface area contributed by atoms with Crippen LogP contribution in [0.25, 0.3) is 0 Å². The molecule has 10 aliphatic rings. The Balaban J connectivity index is 0.768. The molecule has 8 bridgehead atoms. The van der Waals surface area contributed by atoms with Crippen LogP contribution < -0.4 is 10.6 Å². The molecule has 0 unspecified atom stereocenters. The molecule has 2 N–H and O–H groups in total. The Morgan fingerprint density at radius 3 is 1.03 bits per heavy atom. The Hall–Kier alpha value is -1.06. The van der Waals surface area contributed by atoms with Crippen molar-refractivity contribution in [3.63, 3.8) is 0 Å². The van der Waals surface area contributed by atoms with E-state index in [2.05, 4.69) is 10.6 Å². The Kier molecular flexibility index (Phi) is 6.41. The molecule has 216 valence electrons. The normalized spacial score (nSPS) is 51.6. The van der Waals surface area contributed by atoms with Gasteiger partial charge in [0.05, 0.1) is 0 Å². The summed E-state index contributed by atoms with van der Waals surface area (Å²) in [5, 5.41) is 7.18. The third-order valence-corrected chi connectivity index (χ3v) is 14.1. The summed E-state index contributed by atoms with van der Waals surface area (Å²) in [7, 11) is 0. The van der Waals surface area contributed by atoms with E-state index in [0.717, 1.165) is 47.3 Å². The average molecular weight is 535 g/mol. The number of nitrogens with one attached hydrogen (secondary N) is 2. The van der Waals surface area contributed by atoms with E-state index in [1.807, 2.05) is 0 Å². The first-order valence-electron chi connectivity index (χ1n) is 17.5. The molecule has 10 rings (SSSR count). The van der Waals surface area contributed by atoms with Crippen molar-refractivity contribution in [2.24, 2.45) is 58.2 Å². The first-order valence-corrected chi connectivity index (χ1v) is 17.5. The van der Waals surface area contributed by atoms with E-state index in [-0.39, 0.29) is 10.8 Å². The van der Waals surface area contributed by atoms with E-state index < -0.39 is 0 Å². The minimum Gasteiger partial charge on any atom is -0.353 e. The zero-order chi connectivity index (χ0) is 26.2. The molecular weight excluding hydrogens is 480 g/mol. The number of carbonyl (C=O) groups is 2. The molecule has 39 heavy (non-hydrogen) atoms. The number of hydrogen-bond donors (Lipinski definition) is 2. The first-order chi connectivity index (χ1) is 18.9. The van der Waals surface area contributed by atoms with E-state index in [1.54, 1.807) is 0 Å². The first kappa shape index (κ1) is 25.6. The SMILES string of the molecule is O=C(NC1CCC(CC2CCC(NC(=O)C34CC5CC(CC(C5)C3)C4)CC2)CC1)C12CC3CC(CC(C3)C1)C2. The number of amides is 2. The van der Waals surface area contributed by atoms with Crippen LogP contribution in [0.4, 0.5) is 0 Å². The predicted molar refractivity (Wildman–Crippen MR) is 154 cm³/mol. The summed E-state index contributed by atoms with van der Waals surface area (Å²) in [4.78, 5) is 27.0. The van der Waals surface area contributed by atoms with Gasteiger partial charge in [0.25, 0.3) is 0 Å². The molecule has 4 heteroatoms. The highest BCUT2D eigenvalue weighted by molar-refractivity contribution is 5.84. The lowest BCUT2D eigenvalue weighted by Crippen LogP contribution is -2.55. The minimum atomic E-state index is 0.00927. The fraction of sp³-hybridized carbons (Fsp3) is 0.943. The zero-order valence-corrected chi connectivity index (χ0v) is 24.4. The van der Waals surface area contributed by atoms with E-state index in [1.165, 1.54) is 135 Å². The van der Waals surface area contributed by atoms with Crippen LogP contribution in [-0.2, 0) is 9.59 Å². The quantitative estimate of drug-likeness (QED) is 0.380. The Morgan fingerprint density at radius 2 is 0.744 bits per heavy atom. The van der Waals surface area contributed by atoms with Crippen LogP contribution in [0.3, 0.4) is 0 Å². The molecule has 10 aliphatic carbocycles. The van der Waals surface area contributed by atoms with Gasteiger partial charge in [-0.1, -0.05) is 0 Å². The number of carbonyl (C=O) groups excluding carboxylic acids is 2. The standard InChI is InChI=1S/C35H54N2O2/c38-32(34-16-24-10-25(17-34)12-26(11-24)18-34)36-30-5-1-22(2-6-30)9-23-3-7-31(8-4-23)37-33(39)35-19-27-13-28(20-35)15-29(14-27)21-35/h22-31H,1-21H2,(H,36,38)(H,37,39). The third kappa shape index (κ3) is 4.80. The van der Waals surface area contributed by atoms with Gasteiger partial charge in [0.15, 0.2) is 0 Å². The van der Waals surface area contributed by atoms with Crippen molar-refractivity contribution in [3.8, 4) is 0 Å². The molecule has 0 spiro atoms. The molecule has 0 heterocycles. The topological polar surface area (TPSA) is 58.2 Å². The molecule has 0 aromatic heterocycles. The maximum Gasteiger partial charge on any atom is 0.226 e. The summed E-state index contributed by atoms with van der Waals surface area (Å²) >= 11 is 0. The monoisotopic (exact) mass is 534 g/mol. The lowest BCUT2D eigenvalue weighted by molar-refractivity contribution is -0.147. The number of hydrogen-bond acceptors (Lipinski definition) is 2. The van der Waals surface area contributed by atoms with Gasteiger partial charge in [-0.05, 0) is 182 Å². The molecule has 10 fully saturated rings. The van der Waals surface area contributed by atoms with Gasteiger partial charge in [-0.2, -0.15) is 0 Å². The Labute approximate surface area is 237 Å². The van der Waals surface area contributed by atoms with Gasteiger partial charge < -0.3 is 10.6 Å². The summed E-state index contributed by atoms with van der Waals surface area (Å²) in [6, 6.07) is 0.856. The average Bonchev–Trinajstić information content (AvgIpc) is 2.89. The fourth-order valence-electron chi connectivity index (χ4n) is 13.0. The van der Waals surface area contributed by atoms with E-state index >= 15 is 0 Å². The second kappa shape index (κ2) is 9.75. The lowest BCUT2D eigenvalue weighted by atomic mass is 9.49. The summed E-state index contributed by atoms with van der Waals surface area (Å²) in [6.45, 7) is 0. The lowest BCUT2D eigenvalue weighted by Gasteiger charge is -2.56. The maximum absolute atomic E-state index is 13.5. The fourth-order valence-corrected chi connectivity index (χ4v) is 13.0. The molecular formula is C35H54N2O2. The van der Waals surface area contributed by atoms with Gasteiger partial charge in [-0.25, -0.2) is 0 Å². The van der Waals surface area contributed by atoms with Crippen molar-refractivity contribution >= 4 is 11.8 Å². The van der Waals surface area contributed by atoms with Crippen molar-refractivity contribution in [2.75, 3.05) is 0 Å². The molecule has 2 amide bonds. The molecule has 0 aromatic rings. The van der Waals surface area contributed by atoms with Crippen molar-refractivity contribution in [1.82, 2.24) is 10.6 Å². The van der Waals surface area contributed by atoms with Crippen LogP contribution >= 0.6 is 0 Å². The summed E-state index contributed by atoms with van der Waals surface area (Å²) in [5.74, 6) is 7.66. The van der Waals surface area contributed by atoms with Gasteiger partial charge in [0.1, 0.15) is 0 Å². The van der Waals surface area contributed by atoms with Gasteiger partial charge in [0.2, 0.25) is 11.8 Å². The molecule has 0 saturated heterocycles. The largest absolute Gasteiger partial charge is 0.353 e. The van der Waals surface area contributed by atoms with Crippen LogP contribution in [0.1, 0.15) is 135 Å². The summed E-state index contributed by atoms with van der Waals surface area (Å²) in [6.07, 6.45) is 26.9. The summed E-state index contributed by atoms with van der Waals surface area (Å²) in [5.41, 5.74) is 0.0185. The maximum atomic E-state index is 13.5. The van der Waals surface area contributed by atoms with E-state index in [4.69, 9.17) is 0 Å². The van der Waals surface area contributed by atoms with Crippen LogP contribution in [0.15, 0.2) is 0 Å². The van der Waals surface area contributed by atoms with Gasteiger partial charge in [-0.15, -0.1) is 0 Å². The molecule has 0 aliphatic heterocycles. The predicted octanol–water partition coefficient (Wildman–Crippen LogP) is 7.16. The minimum absolute atomic E-state index is 0.00927. The Bertz CT molecular complexity index is 809. The van der Waals surface area contributed by atoms with E-state index in [0.29, 0.717) is 23.9 Å². The molecule has 0 radical (unpaired) electrons. The van der Waals surface area contributed by atoms with Crippen LogP contribution in [0.2, 0.25) is 0 Å². The molecule has 10 saturated carbocycles. The van der Waals surface area contributed by atoms with Crippen LogP contribution in [-0.4, -0.2) is 23.9 Å². The van der Waals surface area contributed by atoms with Crippen LogP contribution in [0, 0.1) is 58.2 Å². The molecule has 0 atom stereocenters. The van der Waals surface area contributed by atoms with Gasteiger partial charge >= 0.3 is 0 Å². The van der Waals surface area contributed by atoms with Gasteiger partial charge in [0, 0.05) is 22.9 Å². The highest BCUT2D eigenvalue weighted by atomic mass is 16.2. The second-order valence-corrected chi connectivity index (χ2v) is 17.0. The van der Waals surface area contributed by atoms with Crippen molar-refractivity contribution < 1.29 is 9.59 Å². The highest BCUT2D eigenvalue weighted by Gasteiger charge is 2.56. The zero-order valence-electron chi connectivity index (χ0n) is 24.4.